The Labute approximate surface area is 191 Å². The van der Waals surface area contributed by atoms with E-state index in [1.54, 1.807) is 36.5 Å². The molecule has 2 heterocycles. The first kappa shape index (κ1) is 22.6. The predicted molar refractivity (Wildman–Crippen MR) is 123 cm³/mol. The van der Waals surface area contributed by atoms with Crippen molar-refractivity contribution >= 4 is 40.7 Å². The molecule has 8 heteroatoms. The third kappa shape index (κ3) is 4.97. The molecule has 0 unspecified atom stereocenters. The molecule has 1 amide bonds. The van der Waals surface area contributed by atoms with Gasteiger partial charge in [0.1, 0.15) is 17.3 Å². The highest BCUT2D eigenvalue weighted by Crippen LogP contribution is 2.33. The minimum absolute atomic E-state index is 0.213. The summed E-state index contributed by atoms with van der Waals surface area (Å²) >= 11 is 18.8. The van der Waals surface area contributed by atoms with Crippen molar-refractivity contribution in [2.45, 2.75) is 39.5 Å². The standard InChI is InChI=1S/C22H23Cl3N4O/c1-3-5-6-10-27-22(30)20-18(4-2)29(19-13-15(24)9-11-26-19)21(28-20)16-8-7-14(23)12-17(16)25/h7-9,11-13H,3-6,10H2,1-2H3,(H,27,30). The molecule has 5 nitrogen and oxygen atoms in total. The normalized spacial score (nSPS) is 11.0. The van der Waals surface area contributed by atoms with Crippen LogP contribution in [0.1, 0.15) is 49.3 Å². The van der Waals surface area contributed by atoms with Crippen LogP contribution in [0.25, 0.3) is 17.2 Å². The van der Waals surface area contributed by atoms with Gasteiger partial charge in [0, 0.05) is 34.4 Å². The third-order valence-corrected chi connectivity index (χ3v) is 5.48. The second-order valence-electron chi connectivity index (χ2n) is 6.84. The summed E-state index contributed by atoms with van der Waals surface area (Å²) in [5, 5.41) is 4.47. The zero-order valence-electron chi connectivity index (χ0n) is 16.9. The molecule has 0 saturated heterocycles. The van der Waals surface area contributed by atoms with Gasteiger partial charge in [-0.1, -0.05) is 61.5 Å². The van der Waals surface area contributed by atoms with E-state index in [0.717, 1.165) is 25.0 Å². The van der Waals surface area contributed by atoms with E-state index >= 15 is 0 Å². The first-order chi connectivity index (χ1) is 14.5. The zero-order valence-corrected chi connectivity index (χ0v) is 19.2. The van der Waals surface area contributed by atoms with E-state index in [9.17, 15) is 4.79 Å². The molecule has 0 radical (unpaired) electrons. The van der Waals surface area contributed by atoms with Crippen molar-refractivity contribution in [2.75, 3.05) is 6.54 Å². The summed E-state index contributed by atoms with van der Waals surface area (Å²) in [6.45, 7) is 4.70. The summed E-state index contributed by atoms with van der Waals surface area (Å²) in [4.78, 5) is 22.1. The number of carbonyl (C=O) groups is 1. The number of benzene rings is 1. The predicted octanol–water partition coefficient (Wildman–Crippen LogP) is 6.38. The molecule has 0 aliphatic rings. The molecule has 1 N–H and O–H groups in total. The van der Waals surface area contributed by atoms with Crippen LogP contribution in [0.5, 0.6) is 0 Å². The van der Waals surface area contributed by atoms with Crippen LogP contribution in [0, 0.1) is 0 Å². The van der Waals surface area contributed by atoms with Crippen LogP contribution in [0.15, 0.2) is 36.5 Å². The fraction of sp³-hybridized carbons (Fsp3) is 0.318. The zero-order chi connectivity index (χ0) is 21.7. The van der Waals surface area contributed by atoms with Crippen LogP contribution in [-0.2, 0) is 6.42 Å². The Morgan fingerprint density at radius 2 is 1.83 bits per heavy atom. The van der Waals surface area contributed by atoms with Crippen molar-refractivity contribution in [3.63, 3.8) is 0 Å². The van der Waals surface area contributed by atoms with Gasteiger partial charge >= 0.3 is 0 Å². The first-order valence-electron chi connectivity index (χ1n) is 9.93. The summed E-state index contributed by atoms with van der Waals surface area (Å²) in [5.74, 6) is 0.870. The molecular formula is C22H23Cl3N4O. The average molecular weight is 466 g/mol. The highest BCUT2D eigenvalue weighted by Gasteiger charge is 2.25. The van der Waals surface area contributed by atoms with Crippen LogP contribution in [0.3, 0.4) is 0 Å². The highest BCUT2D eigenvalue weighted by molar-refractivity contribution is 6.36. The molecule has 0 bridgehead atoms. The Morgan fingerprint density at radius 3 is 2.50 bits per heavy atom. The number of rotatable bonds is 8. The number of nitrogens with zero attached hydrogens (tertiary/aromatic N) is 3. The van der Waals surface area contributed by atoms with Crippen molar-refractivity contribution in [3.8, 4) is 17.2 Å². The van der Waals surface area contributed by atoms with Gasteiger partial charge in [-0.2, -0.15) is 0 Å². The minimum atomic E-state index is -0.213. The molecule has 0 fully saturated rings. The van der Waals surface area contributed by atoms with E-state index in [-0.39, 0.29) is 5.91 Å². The lowest BCUT2D eigenvalue weighted by Gasteiger charge is -2.12. The summed E-state index contributed by atoms with van der Waals surface area (Å²) in [5.41, 5.74) is 1.75. The lowest BCUT2D eigenvalue weighted by atomic mass is 10.2. The van der Waals surface area contributed by atoms with Crippen molar-refractivity contribution in [1.82, 2.24) is 19.9 Å². The minimum Gasteiger partial charge on any atom is -0.351 e. The molecule has 0 spiro atoms. The van der Waals surface area contributed by atoms with Crippen LogP contribution in [0.2, 0.25) is 15.1 Å². The molecule has 3 aromatic rings. The number of pyridine rings is 1. The van der Waals surface area contributed by atoms with Gasteiger partial charge in [-0.05, 0) is 37.1 Å². The molecular weight excluding hydrogens is 443 g/mol. The topological polar surface area (TPSA) is 59.8 Å². The second kappa shape index (κ2) is 10.3. The van der Waals surface area contributed by atoms with Crippen molar-refractivity contribution in [1.29, 1.82) is 0 Å². The average Bonchev–Trinajstić information content (AvgIpc) is 3.10. The maximum atomic E-state index is 12.9. The SMILES string of the molecule is CCCCCNC(=O)c1nc(-c2ccc(Cl)cc2Cl)n(-c2cc(Cl)ccn2)c1CC. The van der Waals surface area contributed by atoms with E-state index in [0.29, 0.717) is 50.9 Å². The molecule has 30 heavy (non-hydrogen) atoms. The van der Waals surface area contributed by atoms with Gasteiger partial charge in [-0.15, -0.1) is 0 Å². The Hall–Kier alpha value is -2.08. The monoisotopic (exact) mass is 464 g/mol. The van der Waals surface area contributed by atoms with E-state index in [1.807, 2.05) is 11.5 Å². The van der Waals surface area contributed by atoms with E-state index in [4.69, 9.17) is 34.8 Å². The molecule has 3 rings (SSSR count). The maximum absolute atomic E-state index is 12.9. The summed E-state index contributed by atoms with van der Waals surface area (Å²) in [6, 6.07) is 8.61. The van der Waals surface area contributed by atoms with E-state index < -0.39 is 0 Å². The van der Waals surface area contributed by atoms with Gasteiger partial charge in [-0.25, -0.2) is 9.97 Å². The summed E-state index contributed by atoms with van der Waals surface area (Å²) < 4.78 is 1.84. The molecule has 0 aliphatic carbocycles. The number of carbonyl (C=O) groups excluding carboxylic acids is 1. The van der Waals surface area contributed by atoms with E-state index in [1.165, 1.54) is 0 Å². The van der Waals surface area contributed by atoms with Gasteiger partial charge in [0.15, 0.2) is 0 Å². The van der Waals surface area contributed by atoms with Gasteiger partial charge in [0.05, 0.1) is 10.7 Å². The highest BCUT2D eigenvalue weighted by atomic mass is 35.5. The Bertz CT molecular complexity index is 1050. The van der Waals surface area contributed by atoms with Crippen LogP contribution >= 0.6 is 34.8 Å². The summed E-state index contributed by atoms with van der Waals surface area (Å²) in [7, 11) is 0. The number of nitrogens with one attached hydrogen (secondary N) is 1. The van der Waals surface area contributed by atoms with Crippen LogP contribution < -0.4 is 5.32 Å². The molecule has 0 aliphatic heterocycles. The number of hydrogen-bond donors (Lipinski definition) is 1. The van der Waals surface area contributed by atoms with Crippen molar-refractivity contribution in [2.24, 2.45) is 0 Å². The molecule has 0 atom stereocenters. The Morgan fingerprint density at radius 1 is 1.07 bits per heavy atom. The van der Waals surface area contributed by atoms with E-state index in [2.05, 4.69) is 22.2 Å². The third-order valence-electron chi connectivity index (χ3n) is 4.70. The number of amides is 1. The van der Waals surface area contributed by atoms with Gasteiger partial charge in [0.25, 0.3) is 5.91 Å². The maximum Gasteiger partial charge on any atom is 0.271 e. The van der Waals surface area contributed by atoms with Crippen molar-refractivity contribution < 1.29 is 4.79 Å². The fourth-order valence-corrected chi connectivity index (χ4v) is 3.88. The van der Waals surface area contributed by atoms with Crippen molar-refractivity contribution in [3.05, 3.63) is 63.0 Å². The molecule has 2 aromatic heterocycles. The number of imidazole rings is 1. The van der Waals surface area contributed by atoms with Crippen LogP contribution in [0.4, 0.5) is 0 Å². The number of unbranched alkanes of at least 4 members (excludes halogenated alkanes) is 2. The first-order valence-corrected chi connectivity index (χ1v) is 11.1. The molecule has 158 valence electrons. The number of halogens is 3. The molecule has 0 saturated carbocycles. The number of aromatic nitrogens is 3. The van der Waals surface area contributed by atoms with Gasteiger partial charge in [-0.3, -0.25) is 9.36 Å². The smallest absolute Gasteiger partial charge is 0.271 e. The molecule has 1 aromatic carbocycles. The number of hydrogen-bond acceptors (Lipinski definition) is 3. The van der Waals surface area contributed by atoms with Crippen LogP contribution in [-0.4, -0.2) is 27.0 Å². The lowest BCUT2D eigenvalue weighted by Crippen LogP contribution is -2.26. The second-order valence-corrected chi connectivity index (χ2v) is 8.12. The summed E-state index contributed by atoms with van der Waals surface area (Å²) in [6.07, 6.45) is 5.27. The van der Waals surface area contributed by atoms with Gasteiger partial charge in [0.2, 0.25) is 0 Å². The quantitative estimate of drug-likeness (QED) is 0.393. The lowest BCUT2D eigenvalue weighted by molar-refractivity contribution is 0.0947. The Balaban J connectivity index is 2.14. The van der Waals surface area contributed by atoms with Gasteiger partial charge < -0.3 is 5.32 Å². The fourth-order valence-electron chi connectivity index (χ4n) is 3.24. The largest absolute Gasteiger partial charge is 0.351 e. The Kier molecular flexibility index (Phi) is 7.75.